The average molecular weight is 184 g/mol. The van der Waals surface area contributed by atoms with Crippen LogP contribution in [0.3, 0.4) is 0 Å². The van der Waals surface area contributed by atoms with Crippen molar-refractivity contribution in [1.82, 2.24) is 10.6 Å². The highest BCUT2D eigenvalue weighted by Crippen LogP contribution is 2.27. The Hall–Kier alpha value is -0.0800. The van der Waals surface area contributed by atoms with Gasteiger partial charge in [-0.2, -0.15) is 0 Å². The molecule has 2 aliphatic heterocycles. The lowest BCUT2D eigenvalue weighted by Gasteiger charge is -2.41. The third kappa shape index (κ3) is 2.96. The molecule has 0 aliphatic carbocycles. The molecule has 1 spiro atoms. The van der Waals surface area contributed by atoms with Gasteiger partial charge in [0.15, 0.2) is 0 Å². The van der Waals surface area contributed by atoms with Crippen LogP contribution in [-0.2, 0) is 0 Å². The predicted octanol–water partition coefficient (Wildman–Crippen LogP) is 1.91. The molecule has 0 aromatic heterocycles. The fourth-order valence-corrected chi connectivity index (χ4v) is 2.36. The van der Waals surface area contributed by atoms with Crippen molar-refractivity contribution in [1.29, 1.82) is 0 Å². The van der Waals surface area contributed by atoms with E-state index in [2.05, 4.69) is 10.6 Å². The van der Waals surface area contributed by atoms with Gasteiger partial charge in [-0.15, -0.1) is 0 Å². The SMILES string of the molecule is C1CCC2(CCNCC2)NC1.CC. The van der Waals surface area contributed by atoms with E-state index in [1.807, 2.05) is 13.8 Å². The molecule has 2 fully saturated rings. The van der Waals surface area contributed by atoms with E-state index in [1.54, 1.807) is 0 Å². The zero-order valence-electron chi connectivity index (χ0n) is 9.16. The van der Waals surface area contributed by atoms with Gasteiger partial charge in [-0.25, -0.2) is 0 Å². The normalized spacial score (nSPS) is 26.3. The van der Waals surface area contributed by atoms with Crippen molar-refractivity contribution in [3.8, 4) is 0 Å². The fourth-order valence-electron chi connectivity index (χ4n) is 2.36. The molecule has 0 radical (unpaired) electrons. The Bertz CT molecular complexity index is 103. The summed E-state index contributed by atoms with van der Waals surface area (Å²) >= 11 is 0. The zero-order chi connectivity index (χ0) is 9.57. The highest BCUT2D eigenvalue weighted by Gasteiger charge is 2.32. The van der Waals surface area contributed by atoms with Crippen molar-refractivity contribution in [2.45, 2.75) is 51.5 Å². The second kappa shape index (κ2) is 5.61. The number of nitrogens with one attached hydrogen (secondary N) is 2. The van der Waals surface area contributed by atoms with Gasteiger partial charge < -0.3 is 10.6 Å². The molecule has 0 saturated carbocycles. The summed E-state index contributed by atoms with van der Waals surface area (Å²) in [5.74, 6) is 0. The minimum absolute atomic E-state index is 0.545. The van der Waals surface area contributed by atoms with Crippen LogP contribution in [0.25, 0.3) is 0 Å². The minimum atomic E-state index is 0.545. The van der Waals surface area contributed by atoms with Gasteiger partial charge >= 0.3 is 0 Å². The molecule has 2 rings (SSSR count). The first-order chi connectivity index (χ1) is 6.41. The maximum absolute atomic E-state index is 3.69. The predicted molar refractivity (Wildman–Crippen MR) is 58.0 cm³/mol. The molecular formula is C11H24N2. The maximum atomic E-state index is 3.69. The maximum Gasteiger partial charge on any atom is 0.0205 e. The summed E-state index contributed by atoms with van der Waals surface area (Å²) in [7, 11) is 0. The fraction of sp³-hybridized carbons (Fsp3) is 1.00. The van der Waals surface area contributed by atoms with E-state index in [0.717, 1.165) is 0 Å². The monoisotopic (exact) mass is 184 g/mol. The van der Waals surface area contributed by atoms with E-state index in [1.165, 1.54) is 51.7 Å². The molecule has 0 aromatic carbocycles. The summed E-state index contributed by atoms with van der Waals surface area (Å²) in [5.41, 5.74) is 0.545. The van der Waals surface area contributed by atoms with E-state index < -0.39 is 0 Å². The van der Waals surface area contributed by atoms with Gasteiger partial charge in [-0.3, -0.25) is 0 Å². The first-order valence-electron chi connectivity index (χ1n) is 5.87. The highest BCUT2D eigenvalue weighted by atomic mass is 15.0. The Morgan fingerprint density at radius 3 is 2.08 bits per heavy atom. The van der Waals surface area contributed by atoms with Crippen molar-refractivity contribution in [3.63, 3.8) is 0 Å². The molecule has 2 heterocycles. The van der Waals surface area contributed by atoms with Gasteiger partial charge in [0.2, 0.25) is 0 Å². The van der Waals surface area contributed by atoms with E-state index in [4.69, 9.17) is 0 Å². The number of hydrogen-bond acceptors (Lipinski definition) is 2. The van der Waals surface area contributed by atoms with Gasteiger partial charge in [-0.05, 0) is 45.3 Å². The molecule has 2 aliphatic rings. The lowest BCUT2D eigenvalue weighted by molar-refractivity contribution is 0.194. The van der Waals surface area contributed by atoms with Gasteiger partial charge in [0.1, 0.15) is 0 Å². The third-order valence-corrected chi connectivity index (χ3v) is 3.14. The van der Waals surface area contributed by atoms with Crippen LogP contribution in [0.5, 0.6) is 0 Å². The standard InChI is InChI=1S/C9H18N2.C2H6/c1-2-6-11-9(3-1)4-7-10-8-5-9;1-2/h10-11H,1-8H2;1-2H3. The Labute approximate surface area is 82.5 Å². The molecule has 0 amide bonds. The second-order valence-electron chi connectivity index (χ2n) is 3.91. The van der Waals surface area contributed by atoms with Crippen LogP contribution in [0.15, 0.2) is 0 Å². The summed E-state index contributed by atoms with van der Waals surface area (Å²) in [5, 5.41) is 7.11. The smallest absolute Gasteiger partial charge is 0.0205 e. The van der Waals surface area contributed by atoms with E-state index >= 15 is 0 Å². The first kappa shape index (κ1) is 11.0. The van der Waals surface area contributed by atoms with Crippen LogP contribution in [-0.4, -0.2) is 25.2 Å². The molecule has 0 unspecified atom stereocenters. The van der Waals surface area contributed by atoms with Crippen LogP contribution >= 0.6 is 0 Å². The molecular weight excluding hydrogens is 160 g/mol. The summed E-state index contributed by atoms with van der Waals surface area (Å²) in [4.78, 5) is 0. The molecule has 2 nitrogen and oxygen atoms in total. The lowest BCUT2D eigenvalue weighted by atomic mass is 9.81. The van der Waals surface area contributed by atoms with Crippen molar-refractivity contribution < 1.29 is 0 Å². The van der Waals surface area contributed by atoms with Gasteiger partial charge in [-0.1, -0.05) is 20.3 Å². The van der Waals surface area contributed by atoms with Crippen molar-refractivity contribution in [3.05, 3.63) is 0 Å². The van der Waals surface area contributed by atoms with Crippen LogP contribution in [0.2, 0.25) is 0 Å². The molecule has 13 heavy (non-hydrogen) atoms. The molecule has 0 aromatic rings. The Morgan fingerprint density at radius 2 is 1.54 bits per heavy atom. The summed E-state index contributed by atoms with van der Waals surface area (Å²) < 4.78 is 0. The van der Waals surface area contributed by atoms with Gasteiger partial charge in [0.05, 0.1) is 0 Å². The Morgan fingerprint density at radius 1 is 0.846 bits per heavy atom. The lowest BCUT2D eigenvalue weighted by Crippen LogP contribution is -2.54. The minimum Gasteiger partial charge on any atom is -0.317 e. The summed E-state index contributed by atoms with van der Waals surface area (Å²) in [6.07, 6.45) is 6.91. The molecule has 2 heteroatoms. The summed E-state index contributed by atoms with van der Waals surface area (Å²) in [6.45, 7) is 7.68. The Kier molecular flexibility index (Phi) is 4.74. The topological polar surface area (TPSA) is 24.1 Å². The van der Waals surface area contributed by atoms with Gasteiger partial charge in [0, 0.05) is 5.54 Å². The number of hydrogen-bond donors (Lipinski definition) is 2. The average Bonchev–Trinajstić information content (AvgIpc) is 2.23. The third-order valence-electron chi connectivity index (χ3n) is 3.14. The molecule has 0 bridgehead atoms. The van der Waals surface area contributed by atoms with Crippen LogP contribution < -0.4 is 10.6 Å². The van der Waals surface area contributed by atoms with Crippen molar-refractivity contribution in [2.24, 2.45) is 0 Å². The molecule has 2 N–H and O–H groups in total. The van der Waals surface area contributed by atoms with Crippen molar-refractivity contribution in [2.75, 3.05) is 19.6 Å². The Balaban J connectivity index is 0.000000396. The number of piperidine rings is 2. The van der Waals surface area contributed by atoms with Crippen LogP contribution in [0.4, 0.5) is 0 Å². The number of rotatable bonds is 0. The first-order valence-corrected chi connectivity index (χ1v) is 5.87. The van der Waals surface area contributed by atoms with Crippen LogP contribution in [0, 0.1) is 0 Å². The van der Waals surface area contributed by atoms with Crippen molar-refractivity contribution >= 4 is 0 Å². The molecule has 78 valence electrons. The largest absolute Gasteiger partial charge is 0.317 e. The van der Waals surface area contributed by atoms with E-state index in [9.17, 15) is 0 Å². The summed E-state index contributed by atoms with van der Waals surface area (Å²) in [6, 6.07) is 0. The molecule has 2 saturated heterocycles. The van der Waals surface area contributed by atoms with E-state index in [0.29, 0.717) is 5.54 Å². The van der Waals surface area contributed by atoms with Crippen LogP contribution in [0.1, 0.15) is 46.0 Å². The zero-order valence-corrected chi connectivity index (χ0v) is 9.16. The quantitative estimate of drug-likeness (QED) is 0.601. The van der Waals surface area contributed by atoms with E-state index in [-0.39, 0.29) is 0 Å². The second-order valence-corrected chi connectivity index (χ2v) is 3.91. The highest BCUT2D eigenvalue weighted by molar-refractivity contribution is 4.94. The molecule has 0 atom stereocenters. The van der Waals surface area contributed by atoms with Gasteiger partial charge in [0.25, 0.3) is 0 Å².